The fourth-order valence-corrected chi connectivity index (χ4v) is 4.37. The molecule has 1 fully saturated rings. The molecule has 206 valence electrons. The minimum atomic E-state index is -1.07. The predicted octanol–water partition coefficient (Wildman–Crippen LogP) is 3.88. The number of benzene rings is 1. The maximum atomic E-state index is 14.1. The summed E-state index contributed by atoms with van der Waals surface area (Å²) in [5.74, 6) is -1.28. The van der Waals surface area contributed by atoms with Gasteiger partial charge in [0.2, 0.25) is 17.7 Å². The summed E-state index contributed by atoms with van der Waals surface area (Å²) in [6.07, 6.45) is 3.31. The van der Waals surface area contributed by atoms with E-state index in [0.29, 0.717) is 5.56 Å². The highest BCUT2D eigenvalue weighted by Crippen LogP contribution is 2.34. The summed E-state index contributed by atoms with van der Waals surface area (Å²) < 4.78 is 5.37. The topological polar surface area (TPSA) is 131 Å². The van der Waals surface area contributed by atoms with Gasteiger partial charge in [-0.2, -0.15) is 0 Å². The molecule has 9 heteroatoms. The maximum absolute atomic E-state index is 14.1. The number of amides is 4. The van der Waals surface area contributed by atoms with E-state index in [0.717, 1.165) is 37.7 Å². The number of ether oxygens (including phenoxy) is 1. The molecule has 0 aliphatic heterocycles. The molecule has 1 aromatic carbocycles. The largest absolute Gasteiger partial charge is 0.444 e. The Balaban J connectivity index is 2.47. The lowest BCUT2D eigenvalue weighted by molar-refractivity contribution is -0.148. The molecule has 1 aliphatic rings. The fourth-order valence-electron chi connectivity index (χ4n) is 4.37. The second-order valence-corrected chi connectivity index (χ2v) is 11.0. The molecule has 4 N–H and O–H groups in total. The van der Waals surface area contributed by atoms with Crippen LogP contribution in [0, 0.1) is 6.92 Å². The lowest BCUT2D eigenvalue weighted by Gasteiger charge is -2.44. The van der Waals surface area contributed by atoms with Crippen molar-refractivity contribution in [3.63, 3.8) is 0 Å². The molecule has 0 spiro atoms. The number of nitrogens with zero attached hydrogens (tertiary/aromatic N) is 1. The van der Waals surface area contributed by atoms with Crippen molar-refractivity contribution < 1.29 is 23.9 Å². The molecule has 1 saturated carbocycles. The quantitative estimate of drug-likeness (QED) is 0.388. The lowest BCUT2D eigenvalue weighted by Crippen LogP contribution is -2.58. The Morgan fingerprint density at radius 3 is 2.19 bits per heavy atom. The first-order valence-corrected chi connectivity index (χ1v) is 13.3. The zero-order valence-electron chi connectivity index (χ0n) is 23.1. The van der Waals surface area contributed by atoms with Gasteiger partial charge in [0.1, 0.15) is 17.7 Å². The van der Waals surface area contributed by atoms with Crippen molar-refractivity contribution >= 4 is 23.8 Å². The summed E-state index contributed by atoms with van der Waals surface area (Å²) in [4.78, 5) is 53.6. The second-order valence-electron chi connectivity index (χ2n) is 11.0. The smallest absolute Gasteiger partial charge is 0.408 e. The van der Waals surface area contributed by atoms with E-state index in [9.17, 15) is 19.2 Å². The van der Waals surface area contributed by atoms with E-state index in [2.05, 4.69) is 17.6 Å². The van der Waals surface area contributed by atoms with Gasteiger partial charge in [0.25, 0.3) is 0 Å². The molecule has 0 radical (unpaired) electrons. The molecular weight excluding hydrogens is 472 g/mol. The van der Waals surface area contributed by atoms with Crippen LogP contribution in [0.25, 0.3) is 0 Å². The zero-order valence-corrected chi connectivity index (χ0v) is 23.1. The highest BCUT2D eigenvalue weighted by Gasteiger charge is 2.42. The number of alkyl carbamates (subject to hydrolysis) is 1. The monoisotopic (exact) mass is 516 g/mol. The number of hydrogen-bond donors (Lipinski definition) is 3. The van der Waals surface area contributed by atoms with Gasteiger partial charge in [-0.25, -0.2) is 4.79 Å². The average molecular weight is 517 g/mol. The van der Waals surface area contributed by atoms with Crippen LogP contribution in [0.1, 0.15) is 96.7 Å². The van der Waals surface area contributed by atoms with Crippen LogP contribution in [-0.2, 0) is 19.1 Å². The Morgan fingerprint density at radius 1 is 1.08 bits per heavy atom. The van der Waals surface area contributed by atoms with E-state index < -0.39 is 35.6 Å². The summed E-state index contributed by atoms with van der Waals surface area (Å²) in [5, 5.41) is 5.71. The Bertz CT molecular complexity index is 937. The molecule has 4 amide bonds. The van der Waals surface area contributed by atoms with Gasteiger partial charge in [0, 0.05) is 18.5 Å². The van der Waals surface area contributed by atoms with E-state index in [1.807, 2.05) is 38.1 Å². The fraction of sp³-hybridized carbons (Fsp3) is 0.643. The number of nitrogens with one attached hydrogen (secondary N) is 2. The molecule has 1 aromatic rings. The summed E-state index contributed by atoms with van der Waals surface area (Å²) in [6.45, 7) is 11.1. The number of carbonyl (C=O) groups is 4. The van der Waals surface area contributed by atoms with Crippen LogP contribution in [0.4, 0.5) is 4.79 Å². The third-order valence-corrected chi connectivity index (χ3v) is 6.42. The summed E-state index contributed by atoms with van der Waals surface area (Å²) in [5.41, 5.74) is 6.33. The second kappa shape index (κ2) is 13.4. The van der Waals surface area contributed by atoms with E-state index in [1.165, 1.54) is 0 Å². The molecule has 3 atom stereocenters. The molecule has 1 aliphatic carbocycles. The van der Waals surface area contributed by atoms with Crippen molar-refractivity contribution in [2.24, 2.45) is 5.73 Å². The number of carbonyl (C=O) groups excluding carboxylic acids is 4. The SMILES string of the molecule is CCCC(C)NC(=O)C(c1ccc(C)cc1)N(C(=O)C(CCC(N)=O)NC(=O)OC(C)(C)C)C1CCC1. The number of nitrogens with two attached hydrogens (primary N) is 1. The standard InChI is InChI=1S/C28H44N4O5/c1-7-9-19(3)30-25(34)24(20-14-12-18(2)13-15-20)32(21-10-8-11-21)26(35)22(16-17-23(29)33)31-27(36)37-28(4,5)6/h12-15,19,21-22,24H,7-11,16-17H2,1-6H3,(H2,29,33)(H,30,34)(H,31,36). The Morgan fingerprint density at radius 2 is 1.70 bits per heavy atom. The molecule has 9 nitrogen and oxygen atoms in total. The predicted molar refractivity (Wildman–Crippen MR) is 143 cm³/mol. The first-order valence-electron chi connectivity index (χ1n) is 13.3. The molecule has 0 saturated heterocycles. The third kappa shape index (κ3) is 9.37. The van der Waals surface area contributed by atoms with E-state index in [4.69, 9.17) is 10.5 Å². The minimum absolute atomic E-state index is 0.00506. The van der Waals surface area contributed by atoms with Crippen LogP contribution in [-0.4, -0.2) is 52.4 Å². The first kappa shape index (κ1) is 30.1. The van der Waals surface area contributed by atoms with Crippen molar-refractivity contribution in [2.75, 3.05) is 0 Å². The van der Waals surface area contributed by atoms with Crippen molar-refractivity contribution in [1.29, 1.82) is 0 Å². The normalized spacial score (nSPS) is 16.1. The molecule has 0 heterocycles. The molecule has 0 bridgehead atoms. The lowest BCUT2D eigenvalue weighted by atomic mass is 9.87. The van der Waals surface area contributed by atoms with Gasteiger partial charge in [-0.05, 0) is 72.3 Å². The van der Waals surface area contributed by atoms with Crippen LogP contribution >= 0.6 is 0 Å². The molecule has 37 heavy (non-hydrogen) atoms. The zero-order chi connectivity index (χ0) is 27.8. The van der Waals surface area contributed by atoms with E-state index >= 15 is 0 Å². The number of rotatable bonds is 12. The highest BCUT2D eigenvalue weighted by atomic mass is 16.6. The number of aryl methyl sites for hydroxylation is 1. The summed E-state index contributed by atoms with van der Waals surface area (Å²) in [6, 6.07) is 5.38. The molecular formula is C28H44N4O5. The van der Waals surface area contributed by atoms with Crippen LogP contribution in [0.3, 0.4) is 0 Å². The van der Waals surface area contributed by atoms with Gasteiger partial charge in [-0.3, -0.25) is 14.4 Å². The average Bonchev–Trinajstić information content (AvgIpc) is 2.74. The van der Waals surface area contributed by atoms with Crippen molar-refractivity contribution in [3.05, 3.63) is 35.4 Å². The first-order chi connectivity index (χ1) is 17.3. The Kier molecular flexibility index (Phi) is 10.9. The number of primary amides is 1. The number of hydrogen-bond acceptors (Lipinski definition) is 5. The van der Waals surface area contributed by atoms with Crippen LogP contribution in [0.5, 0.6) is 0 Å². The molecule has 0 aromatic heterocycles. The van der Waals surface area contributed by atoms with Crippen molar-refractivity contribution in [2.45, 2.75) is 116 Å². The minimum Gasteiger partial charge on any atom is -0.444 e. The van der Waals surface area contributed by atoms with Crippen LogP contribution in [0.15, 0.2) is 24.3 Å². The van der Waals surface area contributed by atoms with E-state index in [1.54, 1.807) is 25.7 Å². The molecule has 3 unspecified atom stereocenters. The van der Waals surface area contributed by atoms with Gasteiger partial charge >= 0.3 is 6.09 Å². The maximum Gasteiger partial charge on any atom is 0.408 e. The van der Waals surface area contributed by atoms with Crippen LogP contribution < -0.4 is 16.4 Å². The summed E-state index contributed by atoms with van der Waals surface area (Å²) >= 11 is 0. The van der Waals surface area contributed by atoms with Crippen molar-refractivity contribution in [3.8, 4) is 0 Å². The van der Waals surface area contributed by atoms with Gasteiger partial charge in [0.05, 0.1) is 0 Å². The van der Waals surface area contributed by atoms with Gasteiger partial charge in [-0.15, -0.1) is 0 Å². The molecule has 2 rings (SSSR count). The highest BCUT2D eigenvalue weighted by molar-refractivity contribution is 5.93. The van der Waals surface area contributed by atoms with Gasteiger partial charge in [-0.1, -0.05) is 43.2 Å². The van der Waals surface area contributed by atoms with Crippen molar-refractivity contribution in [1.82, 2.24) is 15.5 Å². The summed E-state index contributed by atoms with van der Waals surface area (Å²) in [7, 11) is 0. The Labute approximate surface area is 220 Å². The third-order valence-electron chi connectivity index (χ3n) is 6.42. The van der Waals surface area contributed by atoms with E-state index in [-0.39, 0.29) is 30.8 Å². The van der Waals surface area contributed by atoms with Gasteiger partial charge < -0.3 is 26.0 Å². The van der Waals surface area contributed by atoms with Gasteiger partial charge in [0.15, 0.2) is 0 Å². The Hall–Kier alpha value is -3.10. The van der Waals surface area contributed by atoms with Crippen LogP contribution in [0.2, 0.25) is 0 Å².